The number of benzene rings is 1. The maximum Gasteiger partial charge on any atom is 0.367 e. The summed E-state index contributed by atoms with van der Waals surface area (Å²) < 4.78 is 21.7. The van der Waals surface area contributed by atoms with Gasteiger partial charge < -0.3 is 29.5 Å². The first-order valence-electron chi connectivity index (χ1n) is 9.63. The number of amidine groups is 1. The van der Waals surface area contributed by atoms with E-state index in [2.05, 4.69) is 5.16 Å². The molecule has 2 N–H and O–H groups in total. The predicted octanol–water partition coefficient (Wildman–Crippen LogP) is 2.27. The number of fused-ring (bicyclic) bond motifs is 1. The Kier molecular flexibility index (Phi) is 6.47. The molecule has 0 aromatic heterocycles. The van der Waals surface area contributed by atoms with E-state index in [-0.39, 0.29) is 51.4 Å². The minimum absolute atomic E-state index is 0.0363. The van der Waals surface area contributed by atoms with Crippen molar-refractivity contribution in [3.8, 4) is 11.5 Å². The van der Waals surface area contributed by atoms with E-state index >= 15 is 0 Å². The van der Waals surface area contributed by atoms with Gasteiger partial charge in [-0.2, -0.15) is 0 Å². The second kappa shape index (κ2) is 8.79. The zero-order valence-electron chi connectivity index (χ0n) is 18.2. The summed E-state index contributed by atoms with van der Waals surface area (Å²) in [5, 5.41) is 3.37. The van der Waals surface area contributed by atoms with Crippen LogP contribution in [0.15, 0.2) is 23.1 Å². The highest BCUT2D eigenvalue weighted by atomic mass is 35.5. The van der Waals surface area contributed by atoms with Crippen LogP contribution in [0.25, 0.3) is 0 Å². The molecule has 1 aliphatic heterocycles. The molecule has 0 bridgehead atoms. The van der Waals surface area contributed by atoms with Gasteiger partial charge in [-0.25, -0.2) is 4.79 Å². The Hall–Kier alpha value is -3.11. The fourth-order valence-electron chi connectivity index (χ4n) is 3.66. The molecule has 10 nitrogen and oxygen atoms in total. The SMILES string of the molecule is COC1=CC(=O)C[C@@H](C)[C@]12Oc1c(Cl)c(C(=O)O/N=C(\N)C(C)OC)cc(OC)c1C2=O. The summed E-state index contributed by atoms with van der Waals surface area (Å²) in [5.74, 6) is -2.25. The molecular formula is C21H23ClN2O8. The molecule has 172 valence electrons. The number of Topliss-reactive ketones (excluding diaryl/α,β-unsaturated/α-hetero) is 1. The Balaban J connectivity index is 2.08. The molecule has 0 amide bonds. The first-order valence-corrected chi connectivity index (χ1v) is 10.0. The lowest BCUT2D eigenvalue weighted by atomic mass is 9.75. The number of hydrogen-bond acceptors (Lipinski definition) is 9. The largest absolute Gasteiger partial charge is 0.496 e. The molecular weight excluding hydrogens is 444 g/mol. The average molecular weight is 467 g/mol. The van der Waals surface area contributed by atoms with Crippen LogP contribution >= 0.6 is 11.6 Å². The second-order valence-corrected chi connectivity index (χ2v) is 7.75. The van der Waals surface area contributed by atoms with Gasteiger partial charge in [-0.1, -0.05) is 23.7 Å². The highest BCUT2D eigenvalue weighted by Crippen LogP contribution is 2.53. The molecule has 1 heterocycles. The molecule has 1 aromatic rings. The van der Waals surface area contributed by atoms with Crippen molar-refractivity contribution in [3.63, 3.8) is 0 Å². The van der Waals surface area contributed by atoms with Gasteiger partial charge in [-0.05, 0) is 13.0 Å². The van der Waals surface area contributed by atoms with E-state index < -0.39 is 29.4 Å². The molecule has 1 aromatic carbocycles. The first kappa shape index (κ1) is 23.6. The van der Waals surface area contributed by atoms with Crippen LogP contribution in [0.2, 0.25) is 5.02 Å². The molecule has 32 heavy (non-hydrogen) atoms. The molecule has 0 radical (unpaired) electrons. The minimum Gasteiger partial charge on any atom is -0.496 e. The zero-order valence-corrected chi connectivity index (χ0v) is 18.9. The lowest BCUT2D eigenvalue weighted by molar-refractivity contribution is -0.118. The standard InChI is InChI=1S/C21H23ClN2O8/c1-9-6-11(25)7-14(30-5)21(9)18(26)15-13(29-4)8-12(16(22)17(15)31-21)20(27)32-24-19(23)10(2)28-3/h7-10H,6H2,1-5H3,(H2,23,24)/t9-,10?,21+/m1/s1. The fraction of sp³-hybridized carbons (Fsp3) is 0.429. The smallest absolute Gasteiger partial charge is 0.367 e. The third-order valence-electron chi connectivity index (χ3n) is 5.54. The molecule has 2 aliphatic rings. The third kappa shape index (κ3) is 3.59. The number of rotatable bonds is 6. The molecule has 3 rings (SSSR count). The summed E-state index contributed by atoms with van der Waals surface area (Å²) in [7, 11) is 4.08. The summed E-state index contributed by atoms with van der Waals surface area (Å²) in [6, 6.07) is 1.25. The summed E-state index contributed by atoms with van der Waals surface area (Å²) >= 11 is 6.45. The fourth-order valence-corrected chi connectivity index (χ4v) is 3.92. The minimum atomic E-state index is -1.61. The lowest BCUT2D eigenvalue weighted by Gasteiger charge is -2.36. The van der Waals surface area contributed by atoms with Crippen LogP contribution in [0, 0.1) is 5.92 Å². The van der Waals surface area contributed by atoms with Crippen molar-refractivity contribution in [2.45, 2.75) is 32.0 Å². The Labute approximate surface area is 189 Å². The van der Waals surface area contributed by atoms with E-state index in [1.165, 1.54) is 33.5 Å². The topological polar surface area (TPSA) is 136 Å². The third-order valence-corrected chi connectivity index (χ3v) is 5.91. The number of hydrogen-bond donors (Lipinski definition) is 1. The molecule has 0 saturated carbocycles. The van der Waals surface area contributed by atoms with Crippen LogP contribution in [0.1, 0.15) is 41.0 Å². The number of nitrogens with zero attached hydrogens (tertiary/aromatic N) is 1. The molecule has 11 heteroatoms. The van der Waals surface area contributed by atoms with Crippen LogP contribution < -0.4 is 15.2 Å². The van der Waals surface area contributed by atoms with Gasteiger partial charge in [0, 0.05) is 25.5 Å². The molecule has 1 unspecified atom stereocenters. The van der Waals surface area contributed by atoms with Gasteiger partial charge in [0.15, 0.2) is 23.1 Å². The highest BCUT2D eigenvalue weighted by molar-refractivity contribution is 6.36. The zero-order chi connectivity index (χ0) is 23.8. The van der Waals surface area contributed by atoms with Crippen molar-refractivity contribution in [2.75, 3.05) is 21.3 Å². The van der Waals surface area contributed by atoms with Crippen molar-refractivity contribution >= 4 is 35.0 Å². The van der Waals surface area contributed by atoms with Gasteiger partial charge in [0.05, 0.1) is 24.8 Å². The van der Waals surface area contributed by atoms with Crippen LogP contribution in [0.3, 0.4) is 0 Å². The van der Waals surface area contributed by atoms with Crippen molar-refractivity contribution in [1.29, 1.82) is 0 Å². The average Bonchev–Trinajstić information content (AvgIpc) is 3.09. The highest BCUT2D eigenvalue weighted by Gasteiger charge is 2.60. The number of ether oxygens (including phenoxy) is 4. The maximum absolute atomic E-state index is 13.5. The number of methoxy groups -OCH3 is 3. The van der Waals surface area contributed by atoms with Crippen molar-refractivity contribution in [3.05, 3.63) is 34.1 Å². The quantitative estimate of drug-likeness (QED) is 0.289. The van der Waals surface area contributed by atoms with E-state index in [9.17, 15) is 14.4 Å². The van der Waals surface area contributed by atoms with E-state index in [0.29, 0.717) is 0 Å². The number of nitrogens with two attached hydrogens (primary N) is 1. The van der Waals surface area contributed by atoms with Gasteiger partial charge in [-0.3, -0.25) is 9.59 Å². The Morgan fingerprint density at radius 1 is 1.31 bits per heavy atom. The maximum atomic E-state index is 13.5. The molecule has 3 atom stereocenters. The van der Waals surface area contributed by atoms with Gasteiger partial charge in [0.25, 0.3) is 0 Å². The summed E-state index contributed by atoms with van der Waals surface area (Å²) in [6.45, 7) is 3.31. The van der Waals surface area contributed by atoms with Crippen LogP contribution in [-0.4, -0.2) is 56.4 Å². The van der Waals surface area contributed by atoms with E-state index in [0.717, 1.165) is 0 Å². The van der Waals surface area contributed by atoms with Gasteiger partial charge in [0.2, 0.25) is 11.4 Å². The molecule has 1 aliphatic carbocycles. The summed E-state index contributed by atoms with van der Waals surface area (Å²) in [6.07, 6.45) is 0.712. The van der Waals surface area contributed by atoms with Gasteiger partial charge in [-0.15, -0.1) is 0 Å². The number of halogens is 1. The number of ketones is 2. The Morgan fingerprint density at radius 3 is 2.59 bits per heavy atom. The molecule has 1 spiro atoms. The predicted molar refractivity (Wildman–Crippen MR) is 113 cm³/mol. The second-order valence-electron chi connectivity index (χ2n) is 7.37. The van der Waals surface area contributed by atoms with Crippen molar-refractivity contribution in [2.24, 2.45) is 16.8 Å². The number of allylic oxidation sites excluding steroid dienone is 1. The Morgan fingerprint density at radius 2 is 2.00 bits per heavy atom. The first-order chi connectivity index (χ1) is 15.1. The summed E-state index contributed by atoms with van der Waals surface area (Å²) in [5.41, 5.74) is 3.95. The monoisotopic (exact) mass is 466 g/mol. The Bertz CT molecular complexity index is 1050. The van der Waals surface area contributed by atoms with E-state index in [4.69, 9.17) is 41.1 Å². The van der Waals surface area contributed by atoms with Crippen molar-refractivity contribution in [1.82, 2.24) is 0 Å². The lowest BCUT2D eigenvalue weighted by Crippen LogP contribution is -2.51. The van der Waals surface area contributed by atoms with Gasteiger partial charge >= 0.3 is 5.97 Å². The van der Waals surface area contributed by atoms with E-state index in [1.807, 2.05) is 0 Å². The molecule has 0 fully saturated rings. The van der Waals surface area contributed by atoms with Crippen LogP contribution in [0.4, 0.5) is 0 Å². The number of carbonyl (C=O) groups excluding carboxylic acids is 3. The van der Waals surface area contributed by atoms with E-state index in [1.54, 1.807) is 13.8 Å². The normalized spacial score (nSPS) is 23.4. The number of oxime groups is 1. The van der Waals surface area contributed by atoms with Crippen LogP contribution in [-0.2, 0) is 19.1 Å². The van der Waals surface area contributed by atoms with Crippen LogP contribution in [0.5, 0.6) is 11.5 Å². The number of carbonyl (C=O) groups is 3. The molecule has 0 saturated heterocycles. The van der Waals surface area contributed by atoms with Gasteiger partial charge in [0.1, 0.15) is 17.4 Å². The van der Waals surface area contributed by atoms with Crippen molar-refractivity contribution < 1.29 is 38.2 Å². The summed E-state index contributed by atoms with van der Waals surface area (Å²) in [4.78, 5) is 43.1.